The maximum Gasteiger partial charge on any atom is 0.168 e. The molecule has 9 atom stereocenters. The van der Waals surface area contributed by atoms with Crippen molar-refractivity contribution in [2.75, 3.05) is 6.54 Å². The SMILES string of the molecule is CC1=CC(=O)C2CC(=O)C3C(C)(C(O)C(=O)C4(C)CC(=C5CC(C)CC(O)CN5)C(=O)CC34C)C2C1. The number of Topliss-reactive ketones (excluding diaryl/α,β-unsaturated/α-hetero) is 3. The highest BCUT2D eigenvalue weighted by Gasteiger charge is 2.74. The molecule has 196 valence electrons. The Labute approximate surface area is 212 Å². The molecule has 1 saturated heterocycles. The molecule has 1 heterocycles. The van der Waals surface area contributed by atoms with Crippen molar-refractivity contribution in [3.63, 3.8) is 0 Å². The third-order valence-electron chi connectivity index (χ3n) is 10.8. The van der Waals surface area contributed by atoms with Crippen molar-refractivity contribution in [1.29, 1.82) is 0 Å². The van der Waals surface area contributed by atoms with Gasteiger partial charge in [-0.2, -0.15) is 0 Å². The van der Waals surface area contributed by atoms with Gasteiger partial charge in [0.15, 0.2) is 17.3 Å². The molecule has 0 amide bonds. The van der Waals surface area contributed by atoms with Gasteiger partial charge >= 0.3 is 0 Å². The van der Waals surface area contributed by atoms with Crippen molar-refractivity contribution >= 4 is 23.1 Å². The van der Waals surface area contributed by atoms with E-state index in [0.717, 1.165) is 11.3 Å². The summed E-state index contributed by atoms with van der Waals surface area (Å²) in [5, 5.41) is 25.1. The first-order valence-electron chi connectivity index (χ1n) is 13.4. The van der Waals surface area contributed by atoms with E-state index in [2.05, 4.69) is 5.32 Å². The summed E-state index contributed by atoms with van der Waals surface area (Å²) >= 11 is 0. The molecule has 0 aromatic carbocycles. The zero-order valence-electron chi connectivity index (χ0n) is 22.0. The fourth-order valence-electron chi connectivity index (χ4n) is 8.75. The van der Waals surface area contributed by atoms with Gasteiger partial charge in [0, 0.05) is 53.3 Å². The van der Waals surface area contributed by atoms with Crippen molar-refractivity contribution < 1.29 is 29.4 Å². The van der Waals surface area contributed by atoms with Crippen LogP contribution in [0.1, 0.15) is 73.1 Å². The Balaban J connectivity index is 1.61. The second-order valence-corrected chi connectivity index (χ2v) is 13.1. The number of ketones is 4. The fraction of sp³-hybridized carbons (Fsp3) is 0.724. The molecular weight excluding hydrogens is 458 g/mol. The quantitative estimate of drug-likeness (QED) is 0.440. The van der Waals surface area contributed by atoms with Crippen molar-refractivity contribution in [2.45, 2.75) is 85.4 Å². The van der Waals surface area contributed by atoms with Crippen molar-refractivity contribution in [3.05, 3.63) is 22.9 Å². The average molecular weight is 498 g/mol. The summed E-state index contributed by atoms with van der Waals surface area (Å²) in [6, 6.07) is 0. The predicted octanol–water partition coefficient (Wildman–Crippen LogP) is 2.69. The maximum atomic E-state index is 14.2. The van der Waals surface area contributed by atoms with Gasteiger partial charge in [-0.25, -0.2) is 0 Å². The molecule has 0 aromatic rings. The van der Waals surface area contributed by atoms with Crippen LogP contribution in [-0.4, -0.2) is 52.1 Å². The summed E-state index contributed by atoms with van der Waals surface area (Å²) in [7, 11) is 0. The molecule has 3 N–H and O–H groups in total. The Morgan fingerprint density at radius 2 is 1.69 bits per heavy atom. The number of carbonyl (C=O) groups excluding carboxylic acids is 4. The molecule has 4 fully saturated rings. The van der Waals surface area contributed by atoms with E-state index in [4.69, 9.17) is 0 Å². The van der Waals surface area contributed by atoms with E-state index in [1.54, 1.807) is 13.0 Å². The minimum absolute atomic E-state index is 0.0472. The molecule has 7 heteroatoms. The monoisotopic (exact) mass is 497 g/mol. The summed E-state index contributed by atoms with van der Waals surface area (Å²) in [5.74, 6) is -1.98. The van der Waals surface area contributed by atoms with Crippen LogP contribution in [0.25, 0.3) is 0 Å². The van der Waals surface area contributed by atoms with Crippen LogP contribution >= 0.6 is 0 Å². The molecule has 4 aliphatic carbocycles. The highest BCUT2D eigenvalue weighted by atomic mass is 16.3. The summed E-state index contributed by atoms with van der Waals surface area (Å²) in [4.78, 5) is 54.6. The summed E-state index contributed by atoms with van der Waals surface area (Å²) in [6.45, 7) is 9.78. The Bertz CT molecular complexity index is 1120. The van der Waals surface area contributed by atoms with Crippen molar-refractivity contribution in [2.24, 2.45) is 39.9 Å². The predicted molar refractivity (Wildman–Crippen MR) is 132 cm³/mol. The lowest BCUT2D eigenvalue weighted by molar-refractivity contribution is -0.214. The Hall–Kier alpha value is -2.12. The van der Waals surface area contributed by atoms with E-state index in [-0.39, 0.29) is 54.2 Å². The Kier molecular flexibility index (Phi) is 5.81. The number of aliphatic hydroxyl groups excluding tert-OH is 2. The average Bonchev–Trinajstić information content (AvgIpc) is 2.95. The minimum atomic E-state index is -1.39. The van der Waals surface area contributed by atoms with Gasteiger partial charge in [0.2, 0.25) is 0 Å². The number of aliphatic hydroxyl groups is 2. The summed E-state index contributed by atoms with van der Waals surface area (Å²) < 4.78 is 0. The number of nitrogens with one attached hydrogen (secondary N) is 1. The fourth-order valence-corrected chi connectivity index (χ4v) is 8.75. The zero-order chi connectivity index (χ0) is 26.4. The number of hydrogen-bond acceptors (Lipinski definition) is 7. The number of β-amino-alcohol motifs (C(OH)–C–C–N with tert-alkyl or cyclic N) is 1. The number of hydrogen-bond donors (Lipinski definition) is 3. The molecule has 5 aliphatic rings. The molecule has 7 nitrogen and oxygen atoms in total. The molecule has 36 heavy (non-hydrogen) atoms. The molecule has 0 bridgehead atoms. The summed E-state index contributed by atoms with van der Waals surface area (Å²) in [5.41, 5.74) is -0.939. The van der Waals surface area contributed by atoms with E-state index in [1.165, 1.54) is 0 Å². The van der Waals surface area contributed by atoms with E-state index in [9.17, 15) is 29.4 Å². The standard InChI is InChI=1S/C29H39NO6/c1-14-6-16(31)13-30-20(8-14)18-11-28(4)25(35)26(36)29(5)19-7-15(2)9-21(32)17(19)10-22(33)24(29)27(28,3)12-23(18)34/h9,14,16-17,19,24,26,30-31,36H,6-8,10-13H2,1-5H3. The lowest BCUT2D eigenvalue weighted by Crippen LogP contribution is -2.73. The lowest BCUT2D eigenvalue weighted by atomic mass is 9.35. The van der Waals surface area contributed by atoms with Crippen LogP contribution in [0.5, 0.6) is 0 Å². The van der Waals surface area contributed by atoms with Crippen LogP contribution in [0, 0.1) is 39.9 Å². The number of carbonyl (C=O) groups is 4. The van der Waals surface area contributed by atoms with Gasteiger partial charge in [0.05, 0.1) is 6.10 Å². The van der Waals surface area contributed by atoms with Gasteiger partial charge in [-0.1, -0.05) is 33.3 Å². The second kappa shape index (κ2) is 8.19. The van der Waals surface area contributed by atoms with E-state index in [1.807, 2.05) is 27.7 Å². The third-order valence-corrected chi connectivity index (χ3v) is 10.8. The Morgan fingerprint density at radius 3 is 2.39 bits per heavy atom. The van der Waals surface area contributed by atoms with Gasteiger partial charge in [-0.15, -0.1) is 0 Å². The van der Waals surface area contributed by atoms with Gasteiger partial charge in [-0.05, 0) is 55.9 Å². The van der Waals surface area contributed by atoms with Gasteiger partial charge in [0.25, 0.3) is 0 Å². The van der Waals surface area contributed by atoms with E-state index >= 15 is 0 Å². The van der Waals surface area contributed by atoms with Crippen LogP contribution in [0.4, 0.5) is 0 Å². The molecule has 9 unspecified atom stereocenters. The molecule has 0 aromatic heterocycles. The number of rotatable bonds is 0. The lowest BCUT2D eigenvalue weighted by Gasteiger charge is -2.66. The smallest absolute Gasteiger partial charge is 0.168 e. The highest BCUT2D eigenvalue weighted by molar-refractivity contribution is 6.05. The third kappa shape index (κ3) is 3.31. The molecule has 3 saturated carbocycles. The minimum Gasteiger partial charge on any atom is -0.391 e. The number of fused-ring (bicyclic) bond motifs is 5. The van der Waals surface area contributed by atoms with E-state index in [0.29, 0.717) is 31.4 Å². The molecule has 0 spiro atoms. The molecule has 0 radical (unpaired) electrons. The first kappa shape index (κ1) is 25.5. The van der Waals surface area contributed by atoms with Crippen LogP contribution in [0.2, 0.25) is 0 Å². The normalized spacial score (nSPS) is 49.4. The van der Waals surface area contributed by atoms with Crippen LogP contribution in [-0.2, 0) is 19.2 Å². The topological polar surface area (TPSA) is 121 Å². The van der Waals surface area contributed by atoms with Crippen LogP contribution < -0.4 is 5.32 Å². The summed E-state index contributed by atoms with van der Waals surface area (Å²) in [6.07, 6.45) is 1.81. The van der Waals surface area contributed by atoms with Gasteiger partial charge < -0.3 is 15.5 Å². The van der Waals surface area contributed by atoms with E-state index < -0.39 is 40.3 Å². The first-order chi connectivity index (χ1) is 16.7. The zero-order valence-corrected chi connectivity index (χ0v) is 22.0. The Morgan fingerprint density at radius 1 is 1.00 bits per heavy atom. The maximum absolute atomic E-state index is 14.2. The van der Waals surface area contributed by atoms with Crippen LogP contribution in [0.15, 0.2) is 22.9 Å². The van der Waals surface area contributed by atoms with Crippen molar-refractivity contribution in [1.82, 2.24) is 5.32 Å². The largest absolute Gasteiger partial charge is 0.391 e. The van der Waals surface area contributed by atoms with Gasteiger partial charge in [0.1, 0.15) is 11.9 Å². The molecular formula is C29H39NO6. The molecule has 1 aliphatic heterocycles. The van der Waals surface area contributed by atoms with Crippen molar-refractivity contribution in [3.8, 4) is 0 Å². The molecule has 5 rings (SSSR count). The second-order valence-electron chi connectivity index (χ2n) is 13.1. The highest BCUT2D eigenvalue weighted by Crippen LogP contribution is 2.69. The number of allylic oxidation sites excluding steroid dienone is 4. The first-order valence-corrected chi connectivity index (χ1v) is 13.4. The van der Waals surface area contributed by atoms with Crippen LogP contribution in [0.3, 0.4) is 0 Å². The van der Waals surface area contributed by atoms with Gasteiger partial charge in [-0.3, -0.25) is 19.2 Å².